The number of hydrogen-bond donors (Lipinski definition) is 1. The van der Waals surface area contributed by atoms with E-state index in [1.54, 1.807) is 30.5 Å². The summed E-state index contributed by atoms with van der Waals surface area (Å²) in [5.41, 5.74) is 2.15. The highest BCUT2D eigenvalue weighted by Gasteiger charge is 2.31. The monoisotopic (exact) mass is 474 g/mol. The van der Waals surface area contributed by atoms with Gasteiger partial charge in [0.1, 0.15) is 22.7 Å². The maximum absolute atomic E-state index is 13.2. The van der Waals surface area contributed by atoms with Crippen LogP contribution in [-0.2, 0) is 5.41 Å². The second kappa shape index (κ2) is 10.0. The number of carbonyl (C=O) groups is 1. The molecule has 0 bridgehead atoms. The van der Waals surface area contributed by atoms with Gasteiger partial charge < -0.3 is 14.8 Å². The van der Waals surface area contributed by atoms with Crippen molar-refractivity contribution >= 4 is 11.6 Å². The lowest BCUT2D eigenvalue weighted by Crippen LogP contribution is -2.26. The van der Waals surface area contributed by atoms with Crippen molar-refractivity contribution in [2.24, 2.45) is 0 Å². The Morgan fingerprint density at radius 3 is 2.63 bits per heavy atom. The van der Waals surface area contributed by atoms with E-state index in [1.807, 2.05) is 22.7 Å². The zero-order valence-corrected chi connectivity index (χ0v) is 19.6. The quantitative estimate of drug-likeness (QED) is 0.390. The predicted octanol–water partition coefficient (Wildman–Crippen LogP) is 5.12. The van der Waals surface area contributed by atoms with Gasteiger partial charge >= 0.3 is 0 Å². The van der Waals surface area contributed by atoms with Crippen LogP contribution in [0.2, 0.25) is 0 Å². The van der Waals surface area contributed by atoms with Crippen LogP contribution >= 0.6 is 0 Å². The standard InChI is InChI=1S/C27H27FN4O3/c1-4-9-27(16-29,10-5-2)19-8-11-32-21(15-30-24(32)14-19)18-12-22(34-3)25(23(13-18)35-17-28)26(33)31-20-6-7-20/h4-5,8,11-15,20H,1-2,6-7,9-10,17H2,3H3,(H,31,33). The maximum atomic E-state index is 13.2. The number of methoxy groups -OCH3 is 1. The minimum absolute atomic E-state index is 0.0898. The molecule has 7 nitrogen and oxygen atoms in total. The minimum atomic E-state index is -1.09. The third kappa shape index (κ3) is 4.62. The summed E-state index contributed by atoms with van der Waals surface area (Å²) in [6.07, 6.45) is 9.76. The van der Waals surface area contributed by atoms with E-state index in [4.69, 9.17) is 9.47 Å². The molecule has 0 unspecified atom stereocenters. The molecule has 2 aromatic heterocycles. The van der Waals surface area contributed by atoms with Gasteiger partial charge in [0.25, 0.3) is 5.91 Å². The molecule has 180 valence electrons. The molecule has 0 aliphatic heterocycles. The number of halogens is 1. The number of allylic oxidation sites excluding steroid dienone is 2. The fraction of sp³-hybridized carbons (Fsp3) is 0.296. The second-order valence-electron chi connectivity index (χ2n) is 8.52. The molecule has 1 amide bonds. The molecular formula is C27H27FN4O3. The number of amides is 1. The Morgan fingerprint density at radius 2 is 2.03 bits per heavy atom. The van der Waals surface area contributed by atoms with Gasteiger partial charge in [0.05, 0.1) is 30.5 Å². The number of carbonyl (C=O) groups excluding carboxylic acids is 1. The predicted molar refractivity (Wildman–Crippen MR) is 131 cm³/mol. The highest BCUT2D eigenvalue weighted by atomic mass is 19.1. The van der Waals surface area contributed by atoms with Gasteiger partial charge in [-0.05, 0) is 55.5 Å². The number of aromatic nitrogens is 2. The van der Waals surface area contributed by atoms with Crippen molar-refractivity contribution in [2.45, 2.75) is 37.1 Å². The average molecular weight is 475 g/mol. The summed E-state index contributed by atoms with van der Waals surface area (Å²) in [5, 5.41) is 12.8. The normalized spacial score (nSPS) is 13.2. The van der Waals surface area contributed by atoms with Crippen LogP contribution < -0.4 is 14.8 Å². The summed E-state index contributed by atoms with van der Waals surface area (Å²) < 4.78 is 25.8. The first-order chi connectivity index (χ1) is 17.0. The van der Waals surface area contributed by atoms with E-state index in [0.29, 0.717) is 29.7 Å². The molecule has 0 saturated heterocycles. The van der Waals surface area contributed by atoms with Crippen LogP contribution in [0, 0.1) is 11.3 Å². The van der Waals surface area contributed by atoms with E-state index in [2.05, 4.69) is 29.5 Å². The van der Waals surface area contributed by atoms with Gasteiger partial charge in [-0.2, -0.15) is 5.26 Å². The number of fused-ring (bicyclic) bond motifs is 1. The first-order valence-corrected chi connectivity index (χ1v) is 11.3. The molecule has 1 aromatic carbocycles. The van der Waals surface area contributed by atoms with Crippen LogP contribution in [0.3, 0.4) is 0 Å². The lowest BCUT2D eigenvalue weighted by molar-refractivity contribution is 0.0940. The van der Waals surface area contributed by atoms with E-state index >= 15 is 0 Å². The van der Waals surface area contributed by atoms with Gasteiger partial charge in [0.15, 0.2) is 0 Å². The van der Waals surface area contributed by atoms with Crippen LogP contribution in [0.4, 0.5) is 4.39 Å². The fourth-order valence-electron chi connectivity index (χ4n) is 4.24. The number of pyridine rings is 1. The fourth-order valence-corrected chi connectivity index (χ4v) is 4.24. The summed E-state index contributed by atoms with van der Waals surface area (Å²) in [5.74, 6) is 0.00239. The Kier molecular flexibility index (Phi) is 6.87. The number of hydrogen-bond acceptors (Lipinski definition) is 5. The first kappa shape index (κ1) is 24.0. The Morgan fingerprint density at radius 1 is 1.31 bits per heavy atom. The number of rotatable bonds is 11. The zero-order valence-electron chi connectivity index (χ0n) is 19.6. The van der Waals surface area contributed by atoms with Gasteiger partial charge in [-0.1, -0.05) is 12.2 Å². The lowest BCUT2D eigenvalue weighted by Gasteiger charge is -2.24. The van der Waals surface area contributed by atoms with Crippen molar-refractivity contribution in [3.63, 3.8) is 0 Å². The highest BCUT2D eigenvalue weighted by Crippen LogP contribution is 2.37. The SMILES string of the molecule is C=CCC(C#N)(CC=C)c1ccn2c(-c3cc(OC)c(C(=O)NC4CC4)c(OCF)c3)cnc2c1. The smallest absolute Gasteiger partial charge is 0.259 e. The molecule has 4 rings (SSSR count). The number of benzene rings is 1. The molecule has 1 aliphatic rings. The summed E-state index contributed by atoms with van der Waals surface area (Å²) >= 11 is 0. The molecule has 2 heterocycles. The van der Waals surface area contributed by atoms with E-state index in [0.717, 1.165) is 18.4 Å². The van der Waals surface area contributed by atoms with Crippen molar-refractivity contribution < 1.29 is 18.7 Å². The third-order valence-electron chi connectivity index (χ3n) is 6.20. The molecule has 0 spiro atoms. The Hall–Kier alpha value is -4.12. The van der Waals surface area contributed by atoms with Crippen molar-refractivity contribution in [1.82, 2.24) is 14.7 Å². The molecular weight excluding hydrogens is 447 g/mol. The third-order valence-corrected chi connectivity index (χ3v) is 6.20. The number of alkyl halides is 1. The molecule has 1 saturated carbocycles. The van der Waals surface area contributed by atoms with Crippen molar-refractivity contribution in [2.75, 3.05) is 14.0 Å². The number of nitrogens with one attached hydrogen (secondary N) is 1. The van der Waals surface area contributed by atoms with E-state index in [1.165, 1.54) is 7.11 Å². The number of ether oxygens (including phenoxy) is 2. The summed E-state index contributed by atoms with van der Waals surface area (Å²) in [6, 6.07) is 9.61. The summed E-state index contributed by atoms with van der Waals surface area (Å²) in [6.45, 7) is 6.51. The molecule has 0 atom stereocenters. The molecule has 1 N–H and O–H groups in total. The zero-order chi connectivity index (χ0) is 25.0. The Balaban J connectivity index is 1.79. The summed E-state index contributed by atoms with van der Waals surface area (Å²) in [4.78, 5) is 17.3. The van der Waals surface area contributed by atoms with Crippen LogP contribution in [0.15, 0.2) is 62.0 Å². The van der Waals surface area contributed by atoms with Crippen molar-refractivity contribution in [3.8, 4) is 28.8 Å². The molecule has 8 heteroatoms. The van der Waals surface area contributed by atoms with E-state index in [9.17, 15) is 14.4 Å². The van der Waals surface area contributed by atoms with Crippen LogP contribution in [0.5, 0.6) is 11.5 Å². The van der Waals surface area contributed by atoms with Crippen molar-refractivity contribution in [3.05, 3.63) is 73.1 Å². The van der Waals surface area contributed by atoms with Gasteiger partial charge in [-0.3, -0.25) is 9.20 Å². The van der Waals surface area contributed by atoms with E-state index in [-0.39, 0.29) is 29.0 Å². The largest absolute Gasteiger partial charge is 0.496 e. The van der Waals surface area contributed by atoms with Crippen molar-refractivity contribution in [1.29, 1.82) is 5.26 Å². The van der Waals surface area contributed by atoms with Crippen LogP contribution in [0.1, 0.15) is 41.6 Å². The van der Waals surface area contributed by atoms with E-state index < -0.39 is 12.3 Å². The minimum Gasteiger partial charge on any atom is -0.496 e. The van der Waals surface area contributed by atoms with Crippen LogP contribution in [-0.4, -0.2) is 35.3 Å². The lowest BCUT2D eigenvalue weighted by atomic mass is 9.76. The van der Waals surface area contributed by atoms with Gasteiger partial charge in [0.2, 0.25) is 6.86 Å². The molecule has 35 heavy (non-hydrogen) atoms. The number of nitriles is 1. The highest BCUT2D eigenvalue weighted by molar-refractivity contribution is 6.01. The number of imidazole rings is 1. The summed E-state index contributed by atoms with van der Waals surface area (Å²) in [7, 11) is 1.45. The van der Waals surface area contributed by atoms with Gasteiger partial charge in [-0.25, -0.2) is 9.37 Å². The average Bonchev–Trinajstić information content (AvgIpc) is 3.57. The first-order valence-electron chi connectivity index (χ1n) is 11.3. The molecule has 1 fully saturated rings. The molecule has 1 aliphatic carbocycles. The Labute approximate surface area is 203 Å². The van der Waals surface area contributed by atoms with Gasteiger partial charge in [0, 0.05) is 17.8 Å². The number of nitrogens with zero attached hydrogens (tertiary/aromatic N) is 3. The maximum Gasteiger partial charge on any atom is 0.259 e. The van der Waals surface area contributed by atoms with Gasteiger partial charge in [-0.15, -0.1) is 13.2 Å². The molecule has 3 aromatic rings. The second-order valence-corrected chi connectivity index (χ2v) is 8.52. The topological polar surface area (TPSA) is 88.7 Å². The molecule has 0 radical (unpaired) electrons. The Bertz CT molecular complexity index is 1310. The van der Waals surface area contributed by atoms with Crippen LogP contribution in [0.25, 0.3) is 16.9 Å².